The third kappa shape index (κ3) is 3.41. The van der Waals surface area contributed by atoms with Crippen molar-refractivity contribution in [1.29, 1.82) is 0 Å². The Morgan fingerprint density at radius 2 is 1.88 bits per heavy atom. The predicted octanol–water partition coefficient (Wildman–Crippen LogP) is -0.965. The number of aliphatic hydroxyl groups is 2. The molecule has 1 aromatic rings. The van der Waals surface area contributed by atoms with Crippen LogP contribution < -0.4 is 10.6 Å². The highest BCUT2D eigenvalue weighted by Crippen LogP contribution is 2.09. The number of hydrogen-bond acceptors (Lipinski definition) is 6. The second kappa shape index (κ2) is 6.37. The van der Waals surface area contributed by atoms with Crippen molar-refractivity contribution in [3.8, 4) is 0 Å². The van der Waals surface area contributed by atoms with Crippen LogP contribution in [0.25, 0.3) is 0 Å². The normalized spacial score (nSPS) is 10.5. The molecule has 0 spiro atoms. The summed E-state index contributed by atoms with van der Waals surface area (Å²) in [7, 11) is 0. The molecule has 1 aromatic heterocycles. The van der Waals surface area contributed by atoms with E-state index in [1.807, 2.05) is 13.0 Å². The van der Waals surface area contributed by atoms with Crippen molar-refractivity contribution in [2.45, 2.75) is 13.5 Å². The van der Waals surface area contributed by atoms with Gasteiger partial charge in [-0.1, -0.05) is 0 Å². The maximum absolute atomic E-state index is 8.92. The van der Waals surface area contributed by atoms with E-state index in [0.717, 1.165) is 11.4 Å². The lowest BCUT2D eigenvalue weighted by molar-refractivity contribution is 0.280. The molecule has 6 nitrogen and oxygen atoms in total. The minimum absolute atomic E-state index is 0.00470. The van der Waals surface area contributed by atoms with Gasteiger partial charge in [-0.3, -0.25) is 0 Å². The van der Waals surface area contributed by atoms with Gasteiger partial charge in [-0.05, 0) is 13.0 Å². The molecule has 0 unspecified atom stereocenters. The molecule has 1 heterocycles. The Labute approximate surface area is 94.7 Å². The van der Waals surface area contributed by atoms with Gasteiger partial charge in [-0.25, -0.2) is 9.97 Å². The van der Waals surface area contributed by atoms with Gasteiger partial charge in [0.2, 0.25) is 5.95 Å². The van der Waals surface area contributed by atoms with E-state index < -0.39 is 0 Å². The fourth-order valence-electron chi connectivity index (χ4n) is 1.42. The molecular formula is C10H18N4O2. The Bertz CT molecular complexity index is 327. The monoisotopic (exact) mass is 226 g/mol. The first-order valence-corrected chi connectivity index (χ1v) is 5.22. The Balaban J connectivity index is 2.93. The van der Waals surface area contributed by atoms with Crippen molar-refractivity contribution in [1.82, 2.24) is 9.97 Å². The maximum Gasteiger partial charge on any atom is 0.225 e. The SMILES string of the molecule is Cc1cc(CN)nc(N(CCO)CCO)n1. The van der Waals surface area contributed by atoms with Crippen LogP contribution in [0.2, 0.25) is 0 Å². The average Bonchev–Trinajstić information content (AvgIpc) is 2.28. The lowest BCUT2D eigenvalue weighted by atomic mass is 10.3. The Morgan fingerprint density at radius 3 is 2.38 bits per heavy atom. The highest BCUT2D eigenvalue weighted by Gasteiger charge is 2.09. The van der Waals surface area contributed by atoms with Gasteiger partial charge in [0.25, 0.3) is 0 Å². The standard InChI is InChI=1S/C10H18N4O2/c1-8-6-9(7-11)13-10(12-8)14(2-4-15)3-5-16/h6,15-16H,2-5,7,11H2,1H3. The zero-order valence-corrected chi connectivity index (χ0v) is 9.43. The molecule has 0 radical (unpaired) electrons. The molecule has 0 bridgehead atoms. The highest BCUT2D eigenvalue weighted by molar-refractivity contribution is 5.32. The van der Waals surface area contributed by atoms with Gasteiger partial charge in [-0.15, -0.1) is 0 Å². The summed E-state index contributed by atoms with van der Waals surface area (Å²) in [5.74, 6) is 0.503. The van der Waals surface area contributed by atoms with Crippen LogP contribution in [0.4, 0.5) is 5.95 Å². The smallest absolute Gasteiger partial charge is 0.225 e. The topological polar surface area (TPSA) is 95.5 Å². The van der Waals surface area contributed by atoms with Crippen LogP contribution in [0.15, 0.2) is 6.07 Å². The second-order valence-electron chi connectivity index (χ2n) is 3.44. The van der Waals surface area contributed by atoms with E-state index in [1.54, 1.807) is 4.90 Å². The minimum atomic E-state index is -0.00470. The predicted molar refractivity (Wildman–Crippen MR) is 61.0 cm³/mol. The quantitative estimate of drug-likeness (QED) is 0.578. The molecular weight excluding hydrogens is 208 g/mol. The van der Waals surface area contributed by atoms with Crippen LogP contribution in [0.5, 0.6) is 0 Å². The van der Waals surface area contributed by atoms with E-state index in [9.17, 15) is 0 Å². The largest absolute Gasteiger partial charge is 0.395 e. The molecule has 16 heavy (non-hydrogen) atoms. The van der Waals surface area contributed by atoms with E-state index in [4.69, 9.17) is 15.9 Å². The van der Waals surface area contributed by atoms with Crippen molar-refractivity contribution < 1.29 is 10.2 Å². The molecule has 0 fully saturated rings. The molecule has 0 atom stereocenters. The number of aryl methyl sites for hydroxylation is 1. The van der Waals surface area contributed by atoms with Crippen LogP contribution in [-0.4, -0.2) is 46.5 Å². The molecule has 6 heteroatoms. The van der Waals surface area contributed by atoms with E-state index in [-0.39, 0.29) is 13.2 Å². The first kappa shape index (κ1) is 12.8. The minimum Gasteiger partial charge on any atom is -0.395 e. The van der Waals surface area contributed by atoms with Gasteiger partial charge in [0.1, 0.15) is 0 Å². The summed E-state index contributed by atoms with van der Waals surface area (Å²) in [6, 6.07) is 1.82. The molecule has 0 aliphatic carbocycles. The van der Waals surface area contributed by atoms with Gasteiger partial charge in [0.15, 0.2) is 0 Å². The van der Waals surface area contributed by atoms with E-state index in [0.29, 0.717) is 25.6 Å². The van der Waals surface area contributed by atoms with Crippen molar-refractivity contribution >= 4 is 5.95 Å². The molecule has 0 aliphatic rings. The first-order valence-electron chi connectivity index (χ1n) is 5.22. The van der Waals surface area contributed by atoms with Crippen LogP contribution in [0, 0.1) is 6.92 Å². The number of nitrogens with zero attached hydrogens (tertiary/aromatic N) is 3. The fourth-order valence-corrected chi connectivity index (χ4v) is 1.42. The van der Waals surface area contributed by atoms with Crippen LogP contribution in [0.3, 0.4) is 0 Å². The molecule has 0 aromatic carbocycles. The molecule has 0 amide bonds. The third-order valence-corrected chi connectivity index (χ3v) is 2.13. The summed E-state index contributed by atoms with van der Waals surface area (Å²) in [6.45, 7) is 3.00. The van der Waals surface area contributed by atoms with Crippen molar-refractivity contribution in [2.75, 3.05) is 31.2 Å². The molecule has 1 rings (SSSR count). The number of hydrogen-bond donors (Lipinski definition) is 3. The maximum atomic E-state index is 8.92. The Hall–Kier alpha value is -1.24. The van der Waals surface area contributed by atoms with Crippen molar-refractivity contribution in [2.24, 2.45) is 5.73 Å². The van der Waals surface area contributed by atoms with Crippen molar-refractivity contribution in [3.63, 3.8) is 0 Å². The number of aliphatic hydroxyl groups excluding tert-OH is 2. The van der Waals surface area contributed by atoms with E-state index in [2.05, 4.69) is 9.97 Å². The van der Waals surface area contributed by atoms with Gasteiger partial charge in [0, 0.05) is 25.3 Å². The fraction of sp³-hybridized carbons (Fsp3) is 0.600. The first-order chi connectivity index (χ1) is 7.71. The van der Waals surface area contributed by atoms with Gasteiger partial charge in [0.05, 0.1) is 18.9 Å². The molecule has 0 aliphatic heterocycles. The third-order valence-electron chi connectivity index (χ3n) is 2.13. The van der Waals surface area contributed by atoms with Crippen LogP contribution in [-0.2, 0) is 6.54 Å². The van der Waals surface area contributed by atoms with Crippen LogP contribution in [0.1, 0.15) is 11.4 Å². The van der Waals surface area contributed by atoms with Gasteiger partial charge < -0.3 is 20.8 Å². The summed E-state index contributed by atoms with van der Waals surface area (Å²) in [5.41, 5.74) is 7.11. The highest BCUT2D eigenvalue weighted by atomic mass is 16.3. The lowest BCUT2D eigenvalue weighted by Gasteiger charge is -2.21. The zero-order valence-electron chi connectivity index (χ0n) is 9.43. The lowest BCUT2D eigenvalue weighted by Crippen LogP contribution is -2.31. The van der Waals surface area contributed by atoms with E-state index in [1.165, 1.54) is 0 Å². The Kier molecular flexibility index (Phi) is 5.10. The Morgan fingerprint density at radius 1 is 1.25 bits per heavy atom. The molecule has 0 saturated carbocycles. The summed E-state index contributed by atoms with van der Waals surface area (Å²) in [6.07, 6.45) is 0. The second-order valence-corrected chi connectivity index (χ2v) is 3.44. The van der Waals surface area contributed by atoms with Gasteiger partial charge in [-0.2, -0.15) is 0 Å². The van der Waals surface area contributed by atoms with Gasteiger partial charge >= 0.3 is 0 Å². The zero-order chi connectivity index (χ0) is 12.0. The molecule has 90 valence electrons. The average molecular weight is 226 g/mol. The summed E-state index contributed by atoms with van der Waals surface area (Å²) >= 11 is 0. The summed E-state index contributed by atoms with van der Waals surface area (Å²) < 4.78 is 0. The number of aromatic nitrogens is 2. The molecule has 0 saturated heterocycles. The van der Waals surface area contributed by atoms with E-state index >= 15 is 0 Å². The number of anilines is 1. The number of nitrogens with two attached hydrogens (primary N) is 1. The summed E-state index contributed by atoms with van der Waals surface area (Å²) in [4.78, 5) is 10.2. The molecule has 4 N–H and O–H groups in total. The van der Waals surface area contributed by atoms with Crippen molar-refractivity contribution in [3.05, 3.63) is 17.5 Å². The number of rotatable bonds is 6. The summed E-state index contributed by atoms with van der Waals surface area (Å²) in [5, 5.41) is 17.8. The van der Waals surface area contributed by atoms with Crippen LogP contribution >= 0.6 is 0 Å².